The van der Waals surface area contributed by atoms with Gasteiger partial charge in [0.1, 0.15) is 15.6 Å². The minimum absolute atomic E-state index is 0.0363. The fraction of sp³-hybridized carbons (Fsp3) is 0.611. The molecule has 0 aliphatic carbocycles. The Morgan fingerprint density at radius 2 is 2.00 bits per heavy atom. The van der Waals surface area contributed by atoms with Gasteiger partial charge >= 0.3 is 0 Å². The van der Waals surface area contributed by atoms with E-state index >= 15 is 0 Å². The van der Waals surface area contributed by atoms with Gasteiger partial charge in [-0.1, -0.05) is 19.1 Å². The molecule has 8 heteroatoms. The number of nitrogens with one attached hydrogen (secondary N) is 2. The van der Waals surface area contributed by atoms with Crippen molar-refractivity contribution in [1.82, 2.24) is 10.6 Å². The van der Waals surface area contributed by atoms with Gasteiger partial charge in [0, 0.05) is 36.5 Å². The molecule has 0 fully saturated rings. The van der Waals surface area contributed by atoms with Crippen molar-refractivity contribution in [2.45, 2.75) is 31.2 Å². The number of hydrogen-bond donors (Lipinski definition) is 2. The second kappa shape index (κ2) is 11.3. The van der Waals surface area contributed by atoms with E-state index in [9.17, 15) is 8.42 Å². The summed E-state index contributed by atoms with van der Waals surface area (Å²) in [4.78, 5) is 5.35. The summed E-state index contributed by atoms with van der Waals surface area (Å²) in [5.74, 6) is 3.14. The van der Waals surface area contributed by atoms with Gasteiger partial charge in [-0.15, -0.1) is 11.8 Å². The summed E-state index contributed by atoms with van der Waals surface area (Å²) in [5, 5.41) is 6.54. The maximum Gasteiger partial charge on any atom is 0.191 e. The molecule has 0 radical (unpaired) electrons. The van der Waals surface area contributed by atoms with Gasteiger partial charge in [-0.05, 0) is 31.4 Å². The van der Waals surface area contributed by atoms with Gasteiger partial charge in [0.15, 0.2) is 5.96 Å². The first-order chi connectivity index (χ1) is 12.2. The molecule has 0 spiro atoms. The third-order valence-corrected chi connectivity index (χ3v) is 6.10. The number of rotatable bonds is 10. The topological polar surface area (TPSA) is 79.8 Å². The number of nitrogens with zero attached hydrogens (tertiary/aromatic N) is 1. The van der Waals surface area contributed by atoms with Gasteiger partial charge in [-0.25, -0.2) is 8.42 Å². The minimum atomic E-state index is -2.94. The molecule has 0 saturated carbocycles. The number of hydrogen-bond acceptors (Lipinski definition) is 5. The molecule has 0 saturated heterocycles. The van der Waals surface area contributed by atoms with E-state index in [4.69, 9.17) is 4.74 Å². The van der Waals surface area contributed by atoms with E-state index in [2.05, 4.69) is 28.6 Å². The predicted octanol–water partition coefficient (Wildman–Crippen LogP) is 2.41. The van der Waals surface area contributed by atoms with Crippen molar-refractivity contribution in [2.24, 2.45) is 10.9 Å². The zero-order chi connectivity index (χ0) is 19.6. The summed E-state index contributed by atoms with van der Waals surface area (Å²) in [6.07, 6.45) is 1.81. The van der Waals surface area contributed by atoms with Crippen LogP contribution in [0.25, 0.3) is 0 Å². The summed E-state index contributed by atoms with van der Waals surface area (Å²) < 4.78 is 27.9. The van der Waals surface area contributed by atoms with Crippen LogP contribution in [0.3, 0.4) is 0 Å². The van der Waals surface area contributed by atoms with Crippen molar-refractivity contribution in [3.8, 4) is 5.75 Å². The van der Waals surface area contributed by atoms with Gasteiger partial charge < -0.3 is 15.4 Å². The molecule has 0 bridgehead atoms. The SMILES string of the molecule is CN=C(NCC(C)CSc1ccccc1OC)NC(C)CCS(C)(=O)=O. The third-order valence-electron chi connectivity index (χ3n) is 3.74. The number of benzene rings is 1. The molecule has 6 nitrogen and oxygen atoms in total. The molecule has 1 aromatic carbocycles. The van der Waals surface area contributed by atoms with Crippen LogP contribution in [0.1, 0.15) is 20.3 Å². The van der Waals surface area contributed by atoms with Crippen molar-refractivity contribution in [2.75, 3.05) is 38.5 Å². The highest BCUT2D eigenvalue weighted by molar-refractivity contribution is 7.99. The summed E-state index contributed by atoms with van der Waals surface area (Å²) in [6.45, 7) is 4.91. The largest absolute Gasteiger partial charge is 0.496 e. The molecule has 148 valence electrons. The first-order valence-electron chi connectivity index (χ1n) is 8.66. The number of para-hydroxylation sites is 1. The summed E-state index contributed by atoms with van der Waals surface area (Å²) in [7, 11) is 0.460. The number of thioether (sulfide) groups is 1. The Bertz CT molecular complexity index is 678. The van der Waals surface area contributed by atoms with Gasteiger partial charge in [0.25, 0.3) is 0 Å². The minimum Gasteiger partial charge on any atom is -0.496 e. The van der Waals surface area contributed by atoms with Crippen molar-refractivity contribution in [1.29, 1.82) is 0 Å². The molecule has 0 heterocycles. The smallest absolute Gasteiger partial charge is 0.191 e. The first-order valence-corrected chi connectivity index (χ1v) is 11.7. The molecule has 2 unspecified atom stereocenters. The molecular weight excluding hydrogens is 370 g/mol. The molecule has 0 aromatic heterocycles. The lowest BCUT2D eigenvalue weighted by Crippen LogP contribution is -2.44. The van der Waals surface area contributed by atoms with Crippen LogP contribution >= 0.6 is 11.8 Å². The van der Waals surface area contributed by atoms with Crippen LogP contribution in [0.15, 0.2) is 34.2 Å². The van der Waals surface area contributed by atoms with Crippen molar-refractivity contribution in [3.63, 3.8) is 0 Å². The van der Waals surface area contributed by atoms with E-state index in [1.54, 1.807) is 25.9 Å². The van der Waals surface area contributed by atoms with Gasteiger partial charge in [-0.2, -0.15) is 0 Å². The van der Waals surface area contributed by atoms with Crippen molar-refractivity contribution < 1.29 is 13.2 Å². The summed E-state index contributed by atoms with van der Waals surface area (Å²) in [6, 6.07) is 8.04. The Morgan fingerprint density at radius 3 is 2.62 bits per heavy atom. The average Bonchev–Trinajstić information content (AvgIpc) is 2.61. The first kappa shape index (κ1) is 22.6. The Labute approximate surface area is 162 Å². The van der Waals surface area contributed by atoms with Crippen LogP contribution in [-0.4, -0.2) is 58.9 Å². The standard InChI is InChI=1S/C18H31N3O3S2/c1-14(13-25-17-9-7-6-8-16(17)24-4)12-20-18(19-3)21-15(2)10-11-26(5,22)23/h6-9,14-15H,10-13H2,1-5H3,(H2,19,20,21). The zero-order valence-electron chi connectivity index (χ0n) is 16.3. The summed E-state index contributed by atoms with van der Waals surface area (Å²) in [5.41, 5.74) is 0. The van der Waals surface area contributed by atoms with Crippen LogP contribution in [0.4, 0.5) is 0 Å². The molecule has 0 aliphatic rings. The number of sulfone groups is 1. The van der Waals surface area contributed by atoms with Crippen LogP contribution in [0, 0.1) is 5.92 Å². The van der Waals surface area contributed by atoms with E-state index in [0.717, 1.165) is 22.9 Å². The Hall–Kier alpha value is -1.41. The highest BCUT2D eigenvalue weighted by Crippen LogP contribution is 2.29. The van der Waals surface area contributed by atoms with Crippen LogP contribution in [-0.2, 0) is 9.84 Å². The maximum atomic E-state index is 11.3. The maximum absolute atomic E-state index is 11.3. The molecule has 2 atom stereocenters. The predicted molar refractivity (Wildman–Crippen MR) is 111 cm³/mol. The normalized spacial score (nSPS) is 14.6. The lowest BCUT2D eigenvalue weighted by atomic mass is 10.2. The van der Waals surface area contributed by atoms with Gasteiger partial charge in [0.05, 0.1) is 12.9 Å². The van der Waals surface area contributed by atoms with E-state index < -0.39 is 9.84 Å². The number of methoxy groups -OCH3 is 1. The van der Waals surface area contributed by atoms with Gasteiger partial charge in [0.2, 0.25) is 0 Å². The molecular formula is C18H31N3O3S2. The average molecular weight is 402 g/mol. The molecule has 0 amide bonds. The zero-order valence-corrected chi connectivity index (χ0v) is 17.9. The fourth-order valence-electron chi connectivity index (χ4n) is 2.19. The Kier molecular flexibility index (Phi) is 9.87. The van der Waals surface area contributed by atoms with E-state index in [1.807, 2.05) is 25.1 Å². The molecule has 1 rings (SSSR count). The molecule has 1 aromatic rings. The lowest BCUT2D eigenvalue weighted by Gasteiger charge is -2.19. The van der Waals surface area contributed by atoms with Crippen LogP contribution < -0.4 is 15.4 Å². The van der Waals surface area contributed by atoms with Crippen LogP contribution in [0.5, 0.6) is 5.75 Å². The number of ether oxygens (including phenoxy) is 1. The van der Waals surface area contributed by atoms with E-state index in [0.29, 0.717) is 18.3 Å². The Balaban J connectivity index is 2.38. The second-order valence-corrected chi connectivity index (χ2v) is 9.81. The lowest BCUT2D eigenvalue weighted by molar-refractivity contribution is 0.405. The quantitative estimate of drug-likeness (QED) is 0.356. The number of aliphatic imine (C=N–C) groups is 1. The highest BCUT2D eigenvalue weighted by atomic mass is 32.2. The van der Waals surface area contributed by atoms with Crippen molar-refractivity contribution in [3.05, 3.63) is 24.3 Å². The number of guanidine groups is 1. The highest BCUT2D eigenvalue weighted by Gasteiger charge is 2.11. The fourth-order valence-corrected chi connectivity index (χ4v) is 4.02. The van der Waals surface area contributed by atoms with Crippen LogP contribution in [0.2, 0.25) is 0 Å². The molecule has 26 heavy (non-hydrogen) atoms. The molecule has 0 aliphatic heterocycles. The third kappa shape index (κ3) is 9.33. The van der Waals surface area contributed by atoms with Crippen molar-refractivity contribution >= 4 is 27.6 Å². The monoisotopic (exact) mass is 401 g/mol. The van der Waals surface area contributed by atoms with E-state index in [1.165, 1.54) is 6.26 Å². The second-order valence-electron chi connectivity index (χ2n) is 6.48. The summed E-state index contributed by atoms with van der Waals surface area (Å²) >= 11 is 1.77. The van der Waals surface area contributed by atoms with Gasteiger partial charge in [-0.3, -0.25) is 4.99 Å². The van der Waals surface area contributed by atoms with E-state index in [-0.39, 0.29) is 11.8 Å². The molecule has 2 N–H and O–H groups in total. The Morgan fingerprint density at radius 1 is 1.31 bits per heavy atom.